The van der Waals surface area contributed by atoms with Crippen molar-refractivity contribution in [2.24, 2.45) is 0 Å². The number of aliphatic hydroxyl groups is 1. The van der Waals surface area contributed by atoms with Crippen LogP contribution in [0.5, 0.6) is 5.75 Å². The molecule has 0 spiro atoms. The minimum Gasteiger partial charge on any atom is -0.497 e. The van der Waals surface area contributed by atoms with Gasteiger partial charge in [-0.2, -0.15) is 13.2 Å². The van der Waals surface area contributed by atoms with Crippen molar-refractivity contribution in [3.05, 3.63) is 53.6 Å². The number of allylic oxidation sites excluding steroid dienone is 2. The van der Waals surface area contributed by atoms with Gasteiger partial charge in [0.1, 0.15) is 5.75 Å². The number of carbonyl (C=O) groups is 2. The second kappa shape index (κ2) is 10.7. The van der Waals surface area contributed by atoms with Crippen molar-refractivity contribution >= 4 is 11.9 Å². The third-order valence-corrected chi connectivity index (χ3v) is 3.75. The van der Waals surface area contributed by atoms with Crippen LogP contribution in [0.3, 0.4) is 0 Å². The molecule has 29 heavy (non-hydrogen) atoms. The number of carbonyl (C=O) groups excluding carboxylic acids is 2. The van der Waals surface area contributed by atoms with Gasteiger partial charge in [-0.05, 0) is 32.1 Å². The number of methoxy groups -OCH3 is 1. The molecule has 0 heterocycles. The number of benzene rings is 1. The fourth-order valence-corrected chi connectivity index (χ4v) is 2.31. The monoisotopic (exact) mass is 416 g/mol. The van der Waals surface area contributed by atoms with Gasteiger partial charge in [-0.25, -0.2) is 4.79 Å². The molecule has 0 fully saturated rings. The van der Waals surface area contributed by atoms with Crippen LogP contribution in [0.2, 0.25) is 0 Å². The number of esters is 2. The maximum atomic E-state index is 13.6. The van der Waals surface area contributed by atoms with E-state index in [4.69, 9.17) is 14.2 Å². The molecule has 1 atom stereocenters. The minimum absolute atomic E-state index is 0.0129. The van der Waals surface area contributed by atoms with Crippen molar-refractivity contribution in [2.75, 3.05) is 20.3 Å². The molecule has 1 aromatic carbocycles. The first-order chi connectivity index (χ1) is 13.6. The Hall–Kier alpha value is -2.81. The van der Waals surface area contributed by atoms with E-state index in [-0.39, 0.29) is 24.5 Å². The fraction of sp³-hybridized carbons (Fsp3) is 0.400. The summed E-state index contributed by atoms with van der Waals surface area (Å²) < 4.78 is 55.3. The van der Waals surface area contributed by atoms with Gasteiger partial charge in [-0.15, -0.1) is 0 Å². The summed E-state index contributed by atoms with van der Waals surface area (Å²) in [5.74, 6) is -1.48. The van der Waals surface area contributed by atoms with Gasteiger partial charge in [0.05, 0.1) is 26.7 Å². The van der Waals surface area contributed by atoms with E-state index < -0.39 is 35.7 Å². The van der Waals surface area contributed by atoms with Crippen LogP contribution >= 0.6 is 0 Å². The molecule has 0 aliphatic heterocycles. The third-order valence-electron chi connectivity index (χ3n) is 3.75. The van der Waals surface area contributed by atoms with Crippen molar-refractivity contribution in [2.45, 2.75) is 32.0 Å². The number of ether oxygens (including phenoxy) is 3. The number of alkyl halides is 3. The van der Waals surface area contributed by atoms with E-state index in [1.165, 1.54) is 19.2 Å². The molecule has 1 unspecified atom stereocenters. The maximum Gasteiger partial charge on any atom is 0.425 e. The first-order valence-electron chi connectivity index (χ1n) is 8.73. The molecule has 160 valence electrons. The average Bonchev–Trinajstić information content (AvgIpc) is 2.66. The summed E-state index contributed by atoms with van der Waals surface area (Å²) in [4.78, 5) is 23.6. The number of rotatable bonds is 9. The van der Waals surface area contributed by atoms with E-state index in [0.29, 0.717) is 6.08 Å². The number of hydrogen-bond acceptors (Lipinski definition) is 6. The highest BCUT2D eigenvalue weighted by atomic mass is 19.4. The highest BCUT2D eigenvalue weighted by Crippen LogP contribution is 2.41. The Balaban J connectivity index is 3.30. The molecule has 0 radical (unpaired) electrons. The highest BCUT2D eigenvalue weighted by molar-refractivity contribution is 5.94. The van der Waals surface area contributed by atoms with Crippen molar-refractivity contribution in [1.82, 2.24) is 0 Å². The zero-order valence-corrected chi connectivity index (χ0v) is 16.3. The Kier molecular flexibility index (Phi) is 8.90. The molecule has 0 aliphatic rings. The molecular formula is C20H23F3O6. The van der Waals surface area contributed by atoms with E-state index in [1.807, 2.05) is 0 Å². The standard InChI is InChI=1S/C20H23F3O6/c1-4-28-17(24)12-14(18(25)29-5-2)8-7-11-19(26,20(21,22)23)15-9-6-10-16(13-15)27-3/h6-11,13,26H,4-5,12H2,1-3H3/b11-7+,14-8+. The van der Waals surface area contributed by atoms with Crippen LogP contribution in [-0.4, -0.2) is 43.5 Å². The third kappa shape index (κ3) is 6.63. The Labute approximate surface area is 166 Å². The van der Waals surface area contributed by atoms with Gasteiger partial charge < -0.3 is 19.3 Å². The Morgan fingerprint density at radius 3 is 2.34 bits per heavy atom. The van der Waals surface area contributed by atoms with Gasteiger partial charge >= 0.3 is 18.1 Å². The summed E-state index contributed by atoms with van der Waals surface area (Å²) in [5.41, 5.74) is -4.03. The van der Waals surface area contributed by atoms with Crippen molar-refractivity contribution in [3.8, 4) is 5.75 Å². The molecule has 1 rings (SSSR count). The fourth-order valence-electron chi connectivity index (χ4n) is 2.31. The Morgan fingerprint density at radius 2 is 1.79 bits per heavy atom. The van der Waals surface area contributed by atoms with Gasteiger partial charge in [0.25, 0.3) is 0 Å². The van der Waals surface area contributed by atoms with Gasteiger partial charge in [-0.3, -0.25) is 4.79 Å². The summed E-state index contributed by atoms with van der Waals surface area (Å²) in [6, 6.07) is 4.88. The lowest BCUT2D eigenvalue weighted by molar-refractivity contribution is -0.245. The molecule has 0 saturated carbocycles. The van der Waals surface area contributed by atoms with Crippen molar-refractivity contribution in [3.63, 3.8) is 0 Å². The Bertz CT molecular complexity index is 770. The zero-order valence-electron chi connectivity index (χ0n) is 16.3. The first-order valence-corrected chi connectivity index (χ1v) is 8.73. The second-order valence-electron chi connectivity index (χ2n) is 5.75. The van der Waals surface area contributed by atoms with Crippen LogP contribution in [0.1, 0.15) is 25.8 Å². The summed E-state index contributed by atoms with van der Waals surface area (Å²) >= 11 is 0. The topological polar surface area (TPSA) is 82.1 Å². The lowest BCUT2D eigenvalue weighted by Gasteiger charge is -2.28. The zero-order chi connectivity index (χ0) is 22.1. The molecule has 1 aromatic rings. The normalized spacial score (nSPS) is 14.4. The summed E-state index contributed by atoms with van der Waals surface area (Å²) in [6.45, 7) is 3.21. The van der Waals surface area contributed by atoms with Crippen LogP contribution in [0.4, 0.5) is 13.2 Å². The lowest BCUT2D eigenvalue weighted by atomic mass is 9.92. The van der Waals surface area contributed by atoms with E-state index >= 15 is 0 Å². The molecular weight excluding hydrogens is 393 g/mol. The SMILES string of the molecule is CCOC(=O)C/C(=C\C=C\C(O)(c1cccc(OC)c1)C(F)(F)F)C(=O)OCC. The van der Waals surface area contributed by atoms with Crippen LogP contribution in [-0.2, 0) is 24.7 Å². The van der Waals surface area contributed by atoms with Crippen LogP contribution < -0.4 is 4.74 Å². The largest absolute Gasteiger partial charge is 0.497 e. The van der Waals surface area contributed by atoms with Crippen molar-refractivity contribution in [1.29, 1.82) is 0 Å². The molecule has 0 saturated heterocycles. The molecule has 1 N–H and O–H groups in total. The molecule has 6 nitrogen and oxygen atoms in total. The van der Waals surface area contributed by atoms with Crippen molar-refractivity contribution < 1.29 is 42.1 Å². The van der Waals surface area contributed by atoms with Crippen LogP contribution in [0.25, 0.3) is 0 Å². The predicted molar refractivity (Wildman–Crippen MR) is 98.1 cm³/mol. The van der Waals surface area contributed by atoms with Gasteiger partial charge in [0.15, 0.2) is 0 Å². The predicted octanol–water partition coefficient (Wildman–Crippen LogP) is 3.44. The average molecular weight is 416 g/mol. The number of halogens is 3. The smallest absolute Gasteiger partial charge is 0.425 e. The molecule has 0 amide bonds. The summed E-state index contributed by atoms with van der Waals surface area (Å²) in [7, 11) is 1.28. The quantitative estimate of drug-likeness (QED) is 0.377. The molecule has 9 heteroatoms. The summed E-state index contributed by atoms with van der Waals surface area (Å²) in [6.07, 6.45) is -3.24. The van der Waals surface area contributed by atoms with Crippen LogP contribution in [0.15, 0.2) is 48.1 Å². The Morgan fingerprint density at radius 1 is 1.14 bits per heavy atom. The maximum absolute atomic E-state index is 13.6. The van der Waals surface area contributed by atoms with E-state index in [9.17, 15) is 27.9 Å². The second-order valence-corrected chi connectivity index (χ2v) is 5.75. The van der Waals surface area contributed by atoms with Crippen LogP contribution in [0, 0.1) is 0 Å². The first kappa shape index (κ1) is 24.2. The molecule has 0 bridgehead atoms. The minimum atomic E-state index is -5.06. The summed E-state index contributed by atoms with van der Waals surface area (Å²) in [5, 5.41) is 10.4. The lowest BCUT2D eigenvalue weighted by Crippen LogP contribution is -2.40. The van der Waals surface area contributed by atoms with E-state index in [1.54, 1.807) is 13.8 Å². The van der Waals surface area contributed by atoms with Gasteiger partial charge in [0.2, 0.25) is 5.60 Å². The van der Waals surface area contributed by atoms with E-state index in [0.717, 1.165) is 24.3 Å². The van der Waals surface area contributed by atoms with Gasteiger partial charge in [-0.1, -0.05) is 24.3 Å². The number of hydrogen-bond donors (Lipinski definition) is 1. The van der Waals surface area contributed by atoms with Gasteiger partial charge in [0, 0.05) is 11.1 Å². The molecule has 0 aliphatic carbocycles. The highest BCUT2D eigenvalue weighted by Gasteiger charge is 2.53. The molecule has 0 aromatic heterocycles. The van der Waals surface area contributed by atoms with E-state index in [2.05, 4.69) is 0 Å².